The maximum absolute atomic E-state index is 12.3. The highest BCUT2D eigenvalue weighted by Crippen LogP contribution is 2.33. The molecule has 4 heteroatoms. The predicted octanol–water partition coefficient (Wildman–Crippen LogP) is 2.44. The van der Waals surface area contributed by atoms with Gasteiger partial charge in [-0.25, -0.2) is 0 Å². The molecule has 0 saturated heterocycles. The van der Waals surface area contributed by atoms with E-state index >= 15 is 0 Å². The minimum Gasteiger partial charge on any atom is -0.486 e. The van der Waals surface area contributed by atoms with Gasteiger partial charge < -0.3 is 14.8 Å². The molecule has 0 radical (unpaired) electrons. The number of amides is 1. The molecule has 3 rings (SSSR count). The van der Waals surface area contributed by atoms with E-state index in [1.54, 1.807) is 6.07 Å². The molecule has 0 atom stereocenters. The van der Waals surface area contributed by atoms with Crippen LogP contribution >= 0.6 is 0 Å². The van der Waals surface area contributed by atoms with Gasteiger partial charge in [0, 0.05) is 11.6 Å². The van der Waals surface area contributed by atoms with Gasteiger partial charge in [-0.2, -0.15) is 0 Å². The molecule has 0 aromatic heterocycles. The van der Waals surface area contributed by atoms with E-state index < -0.39 is 0 Å². The Labute approximate surface area is 113 Å². The Morgan fingerprint density at radius 3 is 2.47 bits per heavy atom. The third-order valence-corrected chi connectivity index (χ3v) is 3.82. The van der Waals surface area contributed by atoms with Gasteiger partial charge in [-0.15, -0.1) is 0 Å². The first kappa shape index (κ1) is 12.3. The monoisotopic (exact) mass is 261 g/mol. The van der Waals surface area contributed by atoms with E-state index in [4.69, 9.17) is 9.47 Å². The number of ether oxygens (including phenoxy) is 2. The van der Waals surface area contributed by atoms with Crippen molar-refractivity contribution in [2.75, 3.05) is 13.2 Å². The van der Waals surface area contributed by atoms with Crippen LogP contribution in [-0.2, 0) is 0 Å². The maximum Gasteiger partial charge on any atom is 0.251 e. The third-order valence-electron chi connectivity index (χ3n) is 3.82. The molecule has 102 valence electrons. The van der Waals surface area contributed by atoms with Gasteiger partial charge in [-0.1, -0.05) is 12.8 Å². The van der Waals surface area contributed by atoms with Crippen molar-refractivity contribution in [3.63, 3.8) is 0 Å². The molecule has 0 spiro atoms. The summed E-state index contributed by atoms with van der Waals surface area (Å²) in [5, 5.41) is 3.11. The fraction of sp³-hybridized carbons (Fsp3) is 0.533. The van der Waals surface area contributed by atoms with Crippen molar-refractivity contribution >= 4 is 5.91 Å². The lowest BCUT2D eigenvalue weighted by Gasteiger charge is -2.20. The molecule has 1 aromatic carbocycles. The van der Waals surface area contributed by atoms with Gasteiger partial charge in [0.25, 0.3) is 5.91 Å². The number of hydrogen-bond donors (Lipinski definition) is 1. The van der Waals surface area contributed by atoms with Crippen LogP contribution < -0.4 is 14.8 Å². The van der Waals surface area contributed by atoms with Gasteiger partial charge in [-0.05, 0) is 37.5 Å². The minimum atomic E-state index is 0.00127. The quantitative estimate of drug-likeness (QED) is 0.889. The second-order valence-electron chi connectivity index (χ2n) is 5.27. The topological polar surface area (TPSA) is 47.6 Å². The Balaban J connectivity index is 1.81. The Kier molecular flexibility index (Phi) is 3.32. The summed E-state index contributed by atoms with van der Waals surface area (Å²) >= 11 is 0. The third kappa shape index (κ3) is 2.53. The molecule has 0 bridgehead atoms. The fourth-order valence-electron chi connectivity index (χ4n) is 2.77. The molecule has 1 saturated carbocycles. The smallest absolute Gasteiger partial charge is 0.251 e. The van der Waals surface area contributed by atoms with E-state index in [-0.39, 0.29) is 5.91 Å². The number of carbonyl (C=O) groups is 1. The number of aryl methyl sites for hydroxylation is 1. The van der Waals surface area contributed by atoms with Crippen LogP contribution in [0.5, 0.6) is 11.5 Å². The summed E-state index contributed by atoms with van der Waals surface area (Å²) in [6.45, 7) is 3.04. The van der Waals surface area contributed by atoms with Gasteiger partial charge in [-0.3, -0.25) is 4.79 Å². The van der Waals surface area contributed by atoms with E-state index in [0.717, 1.165) is 24.2 Å². The minimum absolute atomic E-state index is 0.00127. The number of hydrogen-bond acceptors (Lipinski definition) is 3. The van der Waals surface area contributed by atoms with Crippen molar-refractivity contribution in [2.24, 2.45) is 0 Å². The fourth-order valence-corrected chi connectivity index (χ4v) is 2.77. The first-order chi connectivity index (χ1) is 9.24. The van der Waals surface area contributed by atoms with Crippen LogP contribution in [0, 0.1) is 6.92 Å². The van der Waals surface area contributed by atoms with E-state index in [1.165, 1.54) is 12.8 Å². The molecular weight excluding hydrogens is 242 g/mol. The first-order valence-corrected chi connectivity index (χ1v) is 6.95. The van der Waals surface area contributed by atoms with Gasteiger partial charge >= 0.3 is 0 Å². The van der Waals surface area contributed by atoms with Crippen molar-refractivity contribution in [1.29, 1.82) is 0 Å². The number of fused-ring (bicyclic) bond motifs is 1. The molecule has 1 aliphatic heterocycles. The van der Waals surface area contributed by atoms with Gasteiger partial charge in [0.15, 0.2) is 11.5 Å². The molecule has 1 fully saturated rings. The highest BCUT2D eigenvalue weighted by molar-refractivity contribution is 5.96. The van der Waals surface area contributed by atoms with Gasteiger partial charge in [0.2, 0.25) is 0 Å². The lowest BCUT2D eigenvalue weighted by atomic mass is 10.1. The molecule has 1 N–H and O–H groups in total. The Morgan fingerprint density at radius 2 is 1.79 bits per heavy atom. The zero-order chi connectivity index (χ0) is 13.2. The number of carbonyl (C=O) groups excluding carboxylic acids is 1. The maximum atomic E-state index is 12.3. The van der Waals surface area contributed by atoms with Crippen LogP contribution in [0.3, 0.4) is 0 Å². The zero-order valence-corrected chi connectivity index (χ0v) is 11.2. The van der Waals surface area contributed by atoms with Gasteiger partial charge in [0.05, 0.1) is 0 Å². The lowest BCUT2D eigenvalue weighted by Crippen LogP contribution is -2.33. The molecule has 19 heavy (non-hydrogen) atoms. The van der Waals surface area contributed by atoms with Crippen LogP contribution in [0.4, 0.5) is 0 Å². The highest BCUT2D eigenvalue weighted by atomic mass is 16.6. The van der Waals surface area contributed by atoms with Crippen LogP contribution in [-0.4, -0.2) is 25.2 Å². The average molecular weight is 261 g/mol. The molecule has 0 unspecified atom stereocenters. The normalized spacial score (nSPS) is 18.4. The number of benzene rings is 1. The van der Waals surface area contributed by atoms with E-state index in [1.807, 2.05) is 13.0 Å². The summed E-state index contributed by atoms with van der Waals surface area (Å²) in [6, 6.07) is 4.02. The van der Waals surface area contributed by atoms with Gasteiger partial charge in [0.1, 0.15) is 13.2 Å². The van der Waals surface area contributed by atoms with Crippen molar-refractivity contribution in [3.8, 4) is 11.5 Å². The van der Waals surface area contributed by atoms with E-state index in [2.05, 4.69) is 5.32 Å². The predicted molar refractivity (Wildman–Crippen MR) is 71.9 cm³/mol. The highest BCUT2D eigenvalue weighted by Gasteiger charge is 2.21. The summed E-state index contributed by atoms with van der Waals surface area (Å²) in [6.07, 6.45) is 4.61. The standard InChI is InChI=1S/C15H19NO3/c1-10-8-13-14(19-7-6-18-13)9-12(10)15(17)16-11-4-2-3-5-11/h8-9,11H,2-7H2,1H3,(H,16,17). The Bertz CT molecular complexity index is 492. The summed E-state index contributed by atoms with van der Waals surface area (Å²) < 4.78 is 11.0. The molecule has 1 heterocycles. The molecule has 1 amide bonds. The largest absolute Gasteiger partial charge is 0.486 e. The molecular formula is C15H19NO3. The average Bonchev–Trinajstić information content (AvgIpc) is 2.90. The molecule has 1 aromatic rings. The Morgan fingerprint density at radius 1 is 1.16 bits per heavy atom. The van der Waals surface area contributed by atoms with Crippen molar-refractivity contribution in [3.05, 3.63) is 23.3 Å². The zero-order valence-electron chi connectivity index (χ0n) is 11.2. The van der Waals surface area contributed by atoms with Crippen LogP contribution in [0.15, 0.2) is 12.1 Å². The van der Waals surface area contributed by atoms with E-state index in [9.17, 15) is 4.79 Å². The van der Waals surface area contributed by atoms with Crippen molar-refractivity contribution in [1.82, 2.24) is 5.32 Å². The van der Waals surface area contributed by atoms with Crippen LogP contribution in [0.2, 0.25) is 0 Å². The summed E-state index contributed by atoms with van der Waals surface area (Å²) in [4.78, 5) is 12.3. The summed E-state index contributed by atoms with van der Waals surface area (Å²) in [7, 11) is 0. The second kappa shape index (κ2) is 5.11. The first-order valence-electron chi connectivity index (χ1n) is 6.95. The molecule has 1 aliphatic carbocycles. The van der Waals surface area contributed by atoms with E-state index in [0.29, 0.717) is 30.6 Å². The number of nitrogens with one attached hydrogen (secondary N) is 1. The summed E-state index contributed by atoms with van der Waals surface area (Å²) in [5.74, 6) is 1.41. The van der Waals surface area contributed by atoms with Crippen molar-refractivity contribution in [2.45, 2.75) is 38.6 Å². The lowest BCUT2D eigenvalue weighted by molar-refractivity contribution is 0.0936. The molecule has 2 aliphatic rings. The van der Waals surface area contributed by atoms with Crippen LogP contribution in [0.25, 0.3) is 0 Å². The molecule has 4 nitrogen and oxygen atoms in total. The number of rotatable bonds is 2. The SMILES string of the molecule is Cc1cc2c(cc1C(=O)NC1CCCC1)OCCO2. The summed E-state index contributed by atoms with van der Waals surface area (Å²) in [5.41, 5.74) is 1.62. The second-order valence-corrected chi connectivity index (χ2v) is 5.27. The van der Waals surface area contributed by atoms with Crippen molar-refractivity contribution < 1.29 is 14.3 Å². The Hall–Kier alpha value is -1.71. The van der Waals surface area contributed by atoms with Crippen LogP contribution in [0.1, 0.15) is 41.6 Å².